The van der Waals surface area contributed by atoms with Crippen LogP contribution in [0, 0.1) is 13.8 Å². The van der Waals surface area contributed by atoms with Gasteiger partial charge in [0.05, 0.1) is 0 Å². The van der Waals surface area contributed by atoms with Crippen LogP contribution in [-0.2, 0) is 13.1 Å². The van der Waals surface area contributed by atoms with Gasteiger partial charge in [-0.3, -0.25) is 4.79 Å². The SMILES string of the molecule is Cc1ccc(CNC(=O)c2cc(NCc3ccc4c(c3)OCO4)nc(C)n2)cc1. The van der Waals surface area contributed by atoms with E-state index in [9.17, 15) is 4.79 Å². The Labute approximate surface area is 169 Å². The summed E-state index contributed by atoms with van der Waals surface area (Å²) in [5.41, 5.74) is 3.58. The van der Waals surface area contributed by atoms with E-state index in [2.05, 4.69) is 20.6 Å². The molecule has 7 heteroatoms. The number of benzene rings is 2. The van der Waals surface area contributed by atoms with Gasteiger partial charge in [-0.15, -0.1) is 0 Å². The maximum absolute atomic E-state index is 12.5. The van der Waals surface area contributed by atoms with E-state index in [0.29, 0.717) is 30.4 Å². The number of nitrogens with one attached hydrogen (secondary N) is 2. The highest BCUT2D eigenvalue weighted by molar-refractivity contribution is 5.92. The van der Waals surface area contributed by atoms with Gasteiger partial charge in [0.2, 0.25) is 6.79 Å². The molecular formula is C22H22N4O3. The average Bonchev–Trinajstić information content (AvgIpc) is 3.19. The van der Waals surface area contributed by atoms with Crippen LogP contribution in [-0.4, -0.2) is 22.7 Å². The molecule has 4 rings (SSSR count). The molecule has 148 valence electrons. The Kier molecular flexibility index (Phi) is 5.29. The lowest BCUT2D eigenvalue weighted by Gasteiger charge is -2.10. The molecule has 2 aromatic carbocycles. The van der Waals surface area contributed by atoms with Crippen molar-refractivity contribution in [2.45, 2.75) is 26.9 Å². The van der Waals surface area contributed by atoms with E-state index in [1.165, 1.54) is 5.56 Å². The number of carbonyl (C=O) groups excluding carboxylic acids is 1. The van der Waals surface area contributed by atoms with Crippen LogP contribution in [0.15, 0.2) is 48.5 Å². The standard InChI is InChI=1S/C22H22N4O3/c1-14-3-5-16(6-4-14)11-24-22(27)18-10-21(26-15(2)25-18)23-12-17-7-8-19-20(9-17)29-13-28-19/h3-10H,11-13H2,1-2H3,(H,24,27)(H,23,25,26). The quantitative estimate of drug-likeness (QED) is 0.671. The summed E-state index contributed by atoms with van der Waals surface area (Å²) in [6.45, 7) is 5.03. The summed E-state index contributed by atoms with van der Waals surface area (Å²) in [5, 5.41) is 6.14. The molecule has 1 amide bonds. The smallest absolute Gasteiger partial charge is 0.270 e. The van der Waals surface area contributed by atoms with Crippen molar-refractivity contribution < 1.29 is 14.3 Å². The fraction of sp³-hybridized carbons (Fsp3) is 0.227. The molecule has 29 heavy (non-hydrogen) atoms. The van der Waals surface area contributed by atoms with Crippen molar-refractivity contribution >= 4 is 11.7 Å². The molecular weight excluding hydrogens is 368 g/mol. The van der Waals surface area contributed by atoms with Crippen LogP contribution in [0.5, 0.6) is 11.5 Å². The van der Waals surface area contributed by atoms with Crippen molar-refractivity contribution in [3.05, 3.63) is 76.7 Å². The van der Waals surface area contributed by atoms with E-state index in [1.807, 2.05) is 49.4 Å². The Morgan fingerprint density at radius 1 is 0.931 bits per heavy atom. The Morgan fingerprint density at radius 2 is 1.69 bits per heavy atom. The summed E-state index contributed by atoms with van der Waals surface area (Å²) in [4.78, 5) is 21.2. The van der Waals surface area contributed by atoms with Crippen LogP contribution in [0.2, 0.25) is 0 Å². The van der Waals surface area contributed by atoms with Crippen molar-refractivity contribution in [2.75, 3.05) is 12.1 Å². The minimum absolute atomic E-state index is 0.234. The summed E-state index contributed by atoms with van der Waals surface area (Å²) >= 11 is 0. The van der Waals surface area contributed by atoms with Gasteiger partial charge in [0.1, 0.15) is 17.3 Å². The van der Waals surface area contributed by atoms with Gasteiger partial charge in [0.25, 0.3) is 5.91 Å². The number of aromatic nitrogens is 2. The third kappa shape index (κ3) is 4.63. The molecule has 0 saturated carbocycles. The Bertz CT molecular complexity index is 1030. The van der Waals surface area contributed by atoms with Gasteiger partial charge in [-0.25, -0.2) is 9.97 Å². The zero-order chi connectivity index (χ0) is 20.2. The zero-order valence-corrected chi connectivity index (χ0v) is 16.4. The summed E-state index contributed by atoms with van der Waals surface area (Å²) < 4.78 is 10.7. The number of aryl methyl sites for hydroxylation is 2. The Morgan fingerprint density at radius 3 is 2.52 bits per heavy atom. The van der Waals surface area contributed by atoms with Crippen molar-refractivity contribution in [1.82, 2.24) is 15.3 Å². The zero-order valence-electron chi connectivity index (χ0n) is 16.4. The number of hydrogen-bond acceptors (Lipinski definition) is 6. The maximum Gasteiger partial charge on any atom is 0.270 e. The molecule has 0 unspecified atom stereocenters. The minimum atomic E-state index is -0.234. The molecule has 0 radical (unpaired) electrons. The number of carbonyl (C=O) groups is 1. The van der Waals surface area contributed by atoms with Gasteiger partial charge in [-0.2, -0.15) is 0 Å². The number of amides is 1. The van der Waals surface area contributed by atoms with Gasteiger partial charge >= 0.3 is 0 Å². The molecule has 1 aliphatic rings. The molecule has 0 saturated heterocycles. The predicted molar refractivity (Wildman–Crippen MR) is 109 cm³/mol. The average molecular weight is 390 g/mol. The summed E-state index contributed by atoms with van der Waals surface area (Å²) in [6, 6.07) is 15.5. The number of fused-ring (bicyclic) bond motifs is 1. The second kappa shape index (κ2) is 8.18. The third-order valence-electron chi connectivity index (χ3n) is 4.55. The molecule has 2 heterocycles. The van der Waals surface area contributed by atoms with Crippen LogP contribution in [0.25, 0.3) is 0 Å². The summed E-state index contributed by atoms with van der Waals surface area (Å²) in [5.74, 6) is 2.37. The molecule has 0 spiro atoms. The highest BCUT2D eigenvalue weighted by Crippen LogP contribution is 2.32. The van der Waals surface area contributed by atoms with E-state index in [1.54, 1.807) is 13.0 Å². The number of anilines is 1. The van der Waals surface area contributed by atoms with Crippen LogP contribution in [0.3, 0.4) is 0 Å². The first-order valence-electron chi connectivity index (χ1n) is 9.39. The molecule has 7 nitrogen and oxygen atoms in total. The molecule has 0 atom stereocenters. The topological polar surface area (TPSA) is 85.4 Å². The number of nitrogens with zero attached hydrogens (tertiary/aromatic N) is 2. The number of hydrogen-bond donors (Lipinski definition) is 2. The first-order chi connectivity index (χ1) is 14.1. The normalized spacial score (nSPS) is 11.9. The van der Waals surface area contributed by atoms with Gasteiger partial charge in [-0.05, 0) is 37.1 Å². The maximum atomic E-state index is 12.5. The largest absolute Gasteiger partial charge is 0.454 e. The Hall–Kier alpha value is -3.61. The number of ether oxygens (including phenoxy) is 2. The van der Waals surface area contributed by atoms with Crippen LogP contribution >= 0.6 is 0 Å². The van der Waals surface area contributed by atoms with Crippen LogP contribution in [0.1, 0.15) is 33.0 Å². The first kappa shape index (κ1) is 18.7. The molecule has 2 N–H and O–H groups in total. The second-order valence-electron chi connectivity index (χ2n) is 6.90. The Balaban J connectivity index is 1.40. The third-order valence-corrected chi connectivity index (χ3v) is 4.55. The summed E-state index contributed by atoms with van der Waals surface area (Å²) in [6.07, 6.45) is 0. The predicted octanol–water partition coefficient (Wildman–Crippen LogP) is 3.36. The molecule has 0 fully saturated rings. The van der Waals surface area contributed by atoms with Crippen molar-refractivity contribution in [3.8, 4) is 11.5 Å². The molecule has 1 aromatic heterocycles. The fourth-order valence-corrected chi connectivity index (χ4v) is 3.00. The van der Waals surface area contributed by atoms with Crippen LogP contribution < -0.4 is 20.1 Å². The molecule has 0 aliphatic carbocycles. The van der Waals surface area contributed by atoms with Crippen LogP contribution in [0.4, 0.5) is 5.82 Å². The van der Waals surface area contributed by atoms with E-state index < -0.39 is 0 Å². The van der Waals surface area contributed by atoms with E-state index in [0.717, 1.165) is 22.6 Å². The fourth-order valence-electron chi connectivity index (χ4n) is 3.00. The summed E-state index contributed by atoms with van der Waals surface area (Å²) in [7, 11) is 0. The highest BCUT2D eigenvalue weighted by Gasteiger charge is 2.14. The lowest BCUT2D eigenvalue weighted by Crippen LogP contribution is -2.24. The van der Waals surface area contributed by atoms with E-state index >= 15 is 0 Å². The molecule has 0 bridgehead atoms. The van der Waals surface area contributed by atoms with Gasteiger partial charge in [0, 0.05) is 19.2 Å². The lowest BCUT2D eigenvalue weighted by molar-refractivity contribution is 0.0945. The van der Waals surface area contributed by atoms with Crippen molar-refractivity contribution in [2.24, 2.45) is 0 Å². The number of rotatable bonds is 6. The minimum Gasteiger partial charge on any atom is -0.454 e. The monoisotopic (exact) mass is 390 g/mol. The lowest BCUT2D eigenvalue weighted by atomic mass is 10.1. The van der Waals surface area contributed by atoms with Gasteiger partial charge < -0.3 is 20.1 Å². The second-order valence-corrected chi connectivity index (χ2v) is 6.90. The van der Waals surface area contributed by atoms with Crippen molar-refractivity contribution in [1.29, 1.82) is 0 Å². The highest BCUT2D eigenvalue weighted by atomic mass is 16.7. The van der Waals surface area contributed by atoms with E-state index in [-0.39, 0.29) is 12.7 Å². The van der Waals surface area contributed by atoms with Gasteiger partial charge in [-0.1, -0.05) is 35.9 Å². The van der Waals surface area contributed by atoms with Gasteiger partial charge in [0.15, 0.2) is 11.5 Å². The first-order valence-corrected chi connectivity index (χ1v) is 9.39. The molecule has 1 aliphatic heterocycles. The van der Waals surface area contributed by atoms with E-state index in [4.69, 9.17) is 9.47 Å². The molecule has 3 aromatic rings. The van der Waals surface area contributed by atoms with Crippen molar-refractivity contribution in [3.63, 3.8) is 0 Å².